The van der Waals surface area contributed by atoms with Crippen LogP contribution in [0.2, 0.25) is 0 Å². The third-order valence-corrected chi connectivity index (χ3v) is 5.99. The Kier molecular flexibility index (Phi) is 3.37. The maximum atomic E-state index is 14.5. The number of rotatable bonds is 2. The minimum Gasteiger partial charge on any atom is -0.399 e. The van der Waals surface area contributed by atoms with E-state index in [1.807, 2.05) is 27.7 Å². The maximum Gasteiger partial charge on any atom is 0.496 e. The first-order valence-electron chi connectivity index (χ1n) is 8.56. The van der Waals surface area contributed by atoms with Crippen LogP contribution >= 0.6 is 0 Å². The highest BCUT2D eigenvalue weighted by atomic mass is 19.3. The molecule has 1 aliphatic carbocycles. The van der Waals surface area contributed by atoms with Crippen molar-refractivity contribution in [3.05, 3.63) is 18.1 Å². The molecule has 0 aromatic carbocycles. The molecule has 0 atom stereocenters. The van der Waals surface area contributed by atoms with Gasteiger partial charge in [0.15, 0.2) is 11.6 Å². The monoisotopic (exact) mass is 354 g/mol. The number of hydrogen-bond acceptors (Lipinski definition) is 4. The molecule has 0 N–H and O–H groups in total. The van der Waals surface area contributed by atoms with Crippen molar-refractivity contribution in [1.29, 1.82) is 0 Å². The van der Waals surface area contributed by atoms with E-state index in [2.05, 4.69) is 4.98 Å². The zero-order chi connectivity index (χ0) is 18.3. The fraction of sp³-hybridized carbons (Fsp3) is 0.706. The Bertz CT molecular complexity index is 694. The Labute approximate surface area is 145 Å². The molecule has 136 valence electrons. The van der Waals surface area contributed by atoms with Gasteiger partial charge in [-0.3, -0.25) is 0 Å². The summed E-state index contributed by atoms with van der Waals surface area (Å²) >= 11 is 0. The van der Waals surface area contributed by atoms with Crippen LogP contribution in [0.1, 0.15) is 40.5 Å². The first-order valence-corrected chi connectivity index (χ1v) is 8.56. The van der Waals surface area contributed by atoms with Crippen molar-refractivity contribution in [3.8, 4) is 0 Å². The maximum absolute atomic E-state index is 14.5. The van der Waals surface area contributed by atoms with Crippen LogP contribution in [0.5, 0.6) is 0 Å². The molecule has 4 rings (SSSR count). The van der Waals surface area contributed by atoms with E-state index in [1.54, 1.807) is 11.1 Å². The van der Waals surface area contributed by atoms with E-state index in [1.165, 1.54) is 6.07 Å². The van der Waals surface area contributed by atoms with Gasteiger partial charge in [-0.15, -0.1) is 0 Å². The van der Waals surface area contributed by atoms with E-state index in [0.29, 0.717) is 18.6 Å². The first kappa shape index (κ1) is 17.2. The second kappa shape index (κ2) is 4.91. The van der Waals surface area contributed by atoms with E-state index in [-0.39, 0.29) is 24.1 Å². The van der Waals surface area contributed by atoms with Gasteiger partial charge >= 0.3 is 7.12 Å². The number of halogens is 3. The molecular weight excluding hydrogens is 332 g/mol. The number of nitrogens with zero attached hydrogens (tertiary/aromatic N) is 2. The smallest absolute Gasteiger partial charge is 0.399 e. The zero-order valence-corrected chi connectivity index (χ0v) is 14.9. The highest BCUT2D eigenvalue weighted by molar-refractivity contribution is 6.62. The van der Waals surface area contributed by atoms with Crippen LogP contribution in [0.15, 0.2) is 12.3 Å². The summed E-state index contributed by atoms with van der Waals surface area (Å²) in [5.74, 6) is -2.83. The normalized spacial score (nSPS) is 28.0. The molecule has 4 nitrogen and oxygen atoms in total. The first-order chi connectivity index (χ1) is 11.4. The molecule has 2 aliphatic heterocycles. The number of hydrogen-bond donors (Lipinski definition) is 0. The number of alkyl halides is 2. The summed E-state index contributed by atoms with van der Waals surface area (Å²) in [5.41, 5.74) is -0.856. The highest BCUT2D eigenvalue weighted by Gasteiger charge is 2.62. The predicted molar refractivity (Wildman–Crippen MR) is 88.7 cm³/mol. The molecule has 8 heteroatoms. The molecule has 0 unspecified atom stereocenters. The van der Waals surface area contributed by atoms with Crippen molar-refractivity contribution in [2.45, 2.75) is 57.7 Å². The minimum absolute atomic E-state index is 0.107. The van der Waals surface area contributed by atoms with E-state index in [4.69, 9.17) is 9.31 Å². The summed E-state index contributed by atoms with van der Waals surface area (Å²) in [6, 6.07) is 1.37. The van der Waals surface area contributed by atoms with Crippen LogP contribution in [0.4, 0.5) is 19.0 Å². The van der Waals surface area contributed by atoms with Crippen LogP contribution in [0.25, 0.3) is 0 Å². The molecule has 1 aromatic heterocycles. The lowest BCUT2D eigenvalue weighted by atomic mass is 9.61. The molecule has 0 radical (unpaired) electrons. The Morgan fingerprint density at radius 2 is 1.64 bits per heavy atom. The largest absolute Gasteiger partial charge is 0.496 e. The SMILES string of the molecule is CC1(C)OB(c2cnc(N3CC4(C3)CC(F)(F)C4)c(F)c2)OC1(C)C. The average Bonchev–Trinajstić information content (AvgIpc) is 2.62. The molecule has 0 amide bonds. The molecule has 25 heavy (non-hydrogen) atoms. The van der Waals surface area contributed by atoms with Crippen LogP contribution in [0, 0.1) is 11.2 Å². The van der Waals surface area contributed by atoms with Gasteiger partial charge in [0.1, 0.15) is 0 Å². The summed E-state index contributed by atoms with van der Waals surface area (Å²) in [6.45, 7) is 8.58. The molecule has 1 saturated carbocycles. The lowest BCUT2D eigenvalue weighted by molar-refractivity contribution is -0.170. The Morgan fingerprint density at radius 1 is 1.08 bits per heavy atom. The standard InChI is InChI=1S/C17H22BF3N2O2/c1-14(2)15(3,4)25-18(24-14)11-5-12(19)13(22-6-11)23-9-16(10-23)7-17(20,21)8-16/h5-6H,7-10H2,1-4H3. The van der Waals surface area contributed by atoms with E-state index in [9.17, 15) is 13.2 Å². The van der Waals surface area contributed by atoms with Crippen LogP contribution in [0.3, 0.4) is 0 Å². The quantitative estimate of drug-likeness (QED) is 0.765. The summed E-state index contributed by atoms with van der Waals surface area (Å²) in [4.78, 5) is 5.92. The summed E-state index contributed by atoms with van der Waals surface area (Å²) in [7, 11) is -0.672. The highest BCUT2D eigenvalue weighted by Crippen LogP contribution is 2.57. The van der Waals surface area contributed by atoms with E-state index in [0.717, 1.165) is 0 Å². The van der Waals surface area contributed by atoms with Gasteiger partial charge in [0, 0.05) is 43.0 Å². The number of aromatic nitrogens is 1. The topological polar surface area (TPSA) is 34.6 Å². The van der Waals surface area contributed by atoms with Crippen molar-refractivity contribution < 1.29 is 22.5 Å². The fourth-order valence-corrected chi connectivity index (χ4v) is 3.97. The molecule has 3 fully saturated rings. The minimum atomic E-state index is -2.56. The molecule has 1 spiro atoms. The van der Waals surface area contributed by atoms with Crippen molar-refractivity contribution in [2.75, 3.05) is 18.0 Å². The summed E-state index contributed by atoms with van der Waals surface area (Å²) in [5, 5.41) is 0. The van der Waals surface area contributed by atoms with Crippen LogP contribution < -0.4 is 10.4 Å². The van der Waals surface area contributed by atoms with Gasteiger partial charge in [0.2, 0.25) is 5.92 Å². The van der Waals surface area contributed by atoms with E-state index < -0.39 is 30.1 Å². The van der Waals surface area contributed by atoms with Gasteiger partial charge in [0.25, 0.3) is 0 Å². The second-order valence-electron chi connectivity index (χ2n) is 8.73. The Balaban J connectivity index is 1.46. The van der Waals surface area contributed by atoms with Gasteiger partial charge in [0.05, 0.1) is 11.2 Å². The van der Waals surface area contributed by atoms with Crippen molar-refractivity contribution >= 4 is 18.4 Å². The molecular formula is C17H22BF3N2O2. The third-order valence-electron chi connectivity index (χ3n) is 5.99. The van der Waals surface area contributed by atoms with Crippen LogP contribution in [-0.2, 0) is 9.31 Å². The third kappa shape index (κ3) is 2.65. The summed E-state index contributed by atoms with van der Waals surface area (Å²) in [6.07, 6.45) is 1.33. The van der Waals surface area contributed by atoms with Crippen LogP contribution in [-0.4, -0.2) is 42.3 Å². The molecule has 1 aromatic rings. The van der Waals surface area contributed by atoms with Crippen molar-refractivity contribution in [2.24, 2.45) is 5.41 Å². The zero-order valence-electron chi connectivity index (χ0n) is 14.9. The number of pyridine rings is 1. The van der Waals surface area contributed by atoms with Gasteiger partial charge in [-0.1, -0.05) is 0 Å². The average molecular weight is 354 g/mol. The van der Waals surface area contributed by atoms with Gasteiger partial charge in [-0.25, -0.2) is 18.2 Å². The molecule has 0 bridgehead atoms. The summed E-state index contributed by atoms with van der Waals surface area (Å²) < 4.78 is 52.5. The van der Waals surface area contributed by atoms with Gasteiger partial charge in [-0.2, -0.15) is 0 Å². The molecule has 3 aliphatic rings. The fourth-order valence-electron chi connectivity index (χ4n) is 3.97. The van der Waals surface area contributed by atoms with Gasteiger partial charge in [-0.05, 0) is 33.8 Å². The second-order valence-corrected chi connectivity index (χ2v) is 8.73. The Morgan fingerprint density at radius 3 is 2.12 bits per heavy atom. The lowest BCUT2D eigenvalue weighted by Crippen LogP contribution is -2.66. The Hall–Kier alpha value is -1.28. The predicted octanol–water partition coefficient (Wildman–Crippen LogP) is 2.76. The molecule has 3 heterocycles. The van der Waals surface area contributed by atoms with E-state index >= 15 is 0 Å². The lowest BCUT2D eigenvalue weighted by Gasteiger charge is -2.58. The van der Waals surface area contributed by atoms with Gasteiger partial charge < -0.3 is 14.2 Å². The number of anilines is 1. The van der Waals surface area contributed by atoms with Crippen molar-refractivity contribution in [1.82, 2.24) is 4.98 Å². The molecule has 2 saturated heterocycles. The van der Waals surface area contributed by atoms with Crippen molar-refractivity contribution in [3.63, 3.8) is 0 Å².